The smallest absolute Gasteiger partial charge is 0.136 e. The fraction of sp³-hybridized carbons (Fsp3) is 0.278. The molecule has 1 N–H and O–H groups in total. The third-order valence-electron chi connectivity index (χ3n) is 3.86. The third-order valence-corrected chi connectivity index (χ3v) is 3.86. The molecule has 0 aliphatic rings. The van der Waals surface area contributed by atoms with E-state index in [0.717, 1.165) is 30.1 Å². The Morgan fingerprint density at radius 1 is 1.18 bits per heavy atom. The molecule has 1 aromatic carbocycles. The maximum absolute atomic E-state index is 5.19. The van der Waals surface area contributed by atoms with Crippen molar-refractivity contribution >= 4 is 5.65 Å². The van der Waals surface area contributed by atoms with Gasteiger partial charge >= 0.3 is 0 Å². The molecule has 0 saturated heterocycles. The van der Waals surface area contributed by atoms with E-state index >= 15 is 0 Å². The van der Waals surface area contributed by atoms with Gasteiger partial charge in [-0.15, -0.1) is 0 Å². The average molecular weight is 295 g/mol. The largest absolute Gasteiger partial charge is 0.497 e. The Morgan fingerprint density at radius 3 is 2.73 bits per heavy atom. The van der Waals surface area contributed by atoms with Crippen molar-refractivity contribution in [2.24, 2.45) is 0 Å². The van der Waals surface area contributed by atoms with Crippen LogP contribution >= 0.6 is 0 Å². The van der Waals surface area contributed by atoms with Crippen LogP contribution in [0.15, 0.2) is 54.9 Å². The number of hydrogen-bond donors (Lipinski definition) is 1. The average Bonchev–Trinajstić information content (AvgIpc) is 2.97. The van der Waals surface area contributed by atoms with E-state index in [0.29, 0.717) is 6.04 Å². The van der Waals surface area contributed by atoms with E-state index in [-0.39, 0.29) is 0 Å². The van der Waals surface area contributed by atoms with E-state index in [9.17, 15) is 0 Å². The van der Waals surface area contributed by atoms with Gasteiger partial charge in [-0.1, -0.05) is 18.2 Å². The Hall–Kier alpha value is -2.33. The zero-order valence-corrected chi connectivity index (χ0v) is 13.0. The molecule has 0 amide bonds. The first-order valence-electron chi connectivity index (χ1n) is 7.56. The van der Waals surface area contributed by atoms with Crippen molar-refractivity contribution in [2.75, 3.05) is 13.7 Å². The van der Waals surface area contributed by atoms with E-state index in [2.05, 4.69) is 40.0 Å². The molecule has 3 rings (SSSR count). The summed E-state index contributed by atoms with van der Waals surface area (Å²) in [4.78, 5) is 4.61. The van der Waals surface area contributed by atoms with Crippen LogP contribution in [0.1, 0.15) is 24.2 Å². The number of nitrogens with one attached hydrogen (secondary N) is 1. The molecule has 2 aromatic heterocycles. The van der Waals surface area contributed by atoms with Crippen LogP contribution in [0.5, 0.6) is 5.75 Å². The number of rotatable bonds is 6. The Labute approximate surface area is 130 Å². The molecule has 0 spiro atoms. The Bertz CT molecular complexity index is 700. The van der Waals surface area contributed by atoms with Gasteiger partial charge in [-0.2, -0.15) is 0 Å². The third kappa shape index (κ3) is 3.28. The number of ether oxygens (including phenoxy) is 1. The van der Waals surface area contributed by atoms with Gasteiger partial charge in [0.2, 0.25) is 0 Å². The first-order valence-corrected chi connectivity index (χ1v) is 7.56. The number of imidazole rings is 1. The molecule has 0 aliphatic carbocycles. The molecule has 0 saturated carbocycles. The Kier molecular flexibility index (Phi) is 4.39. The number of aromatic nitrogens is 2. The van der Waals surface area contributed by atoms with Crippen LogP contribution in [0.2, 0.25) is 0 Å². The quantitative estimate of drug-likeness (QED) is 0.759. The zero-order valence-electron chi connectivity index (χ0n) is 13.0. The second-order valence-corrected chi connectivity index (χ2v) is 5.40. The van der Waals surface area contributed by atoms with Crippen molar-refractivity contribution < 1.29 is 4.74 Å². The summed E-state index contributed by atoms with van der Waals surface area (Å²) in [7, 11) is 1.69. The van der Waals surface area contributed by atoms with Crippen molar-refractivity contribution in [1.29, 1.82) is 0 Å². The van der Waals surface area contributed by atoms with E-state index < -0.39 is 0 Å². The monoisotopic (exact) mass is 295 g/mol. The first kappa shape index (κ1) is 14.6. The predicted molar refractivity (Wildman–Crippen MR) is 88.3 cm³/mol. The predicted octanol–water partition coefficient (Wildman–Crippen LogP) is 3.24. The fourth-order valence-corrected chi connectivity index (χ4v) is 2.53. The van der Waals surface area contributed by atoms with E-state index in [1.54, 1.807) is 7.11 Å². The van der Waals surface area contributed by atoms with Gasteiger partial charge in [0, 0.05) is 31.4 Å². The highest BCUT2D eigenvalue weighted by Gasteiger charge is 2.06. The maximum Gasteiger partial charge on any atom is 0.136 e. The molecular weight excluding hydrogens is 274 g/mol. The van der Waals surface area contributed by atoms with Crippen molar-refractivity contribution in [2.45, 2.75) is 19.4 Å². The van der Waals surface area contributed by atoms with Crippen molar-refractivity contribution in [3.8, 4) is 5.75 Å². The van der Waals surface area contributed by atoms with Crippen LogP contribution < -0.4 is 10.1 Å². The summed E-state index contributed by atoms with van der Waals surface area (Å²) < 4.78 is 7.24. The summed E-state index contributed by atoms with van der Waals surface area (Å²) in [5.74, 6) is 0.889. The molecule has 2 heterocycles. The standard InChI is InChI=1S/C18H21N3O/c1-14(15-6-8-17(22-2)9-7-15)19-11-10-16-13-21-12-4-3-5-18(21)20-16/h3-9,12-14,19H,10-11H2,1-2H3/t14-/m0/s1. The molecule has 0 bridgehead atoms. The highest BCUT2D eigenvalue weighted by molar-refractivity contribution is 5.39. The van der Waals surface area contributed by atoms with Gasteiger partial charge in [-0.3, -0.25) is 0 Å². The normalized spacial score (nSPS) is 12.5. The van der Waals surface area contributed by atoms with Gasteiger partial charge in [0.25, 0.3) is 0 Å². The minimum absolute atomic E-state index is 0.308. The topological polar surface area (TPSA) is 38.6 Å². The second kappa shape index (κ2) is 6.62. The minimum atomic E-state index is 0.308. The molecule has 22 heavy (non-hydrogen) atoms. The van der Waals surface area contributed by atoms with Crippen molar-refractivity contribution in [1.82, 2.24) is 14.7 Å². The van der Waals surface area contributed by atoms with Gasteiger partial charge in [-0.05, 0) is 36.8 Å². The lowest BCUT2D eigenvalue weighted by molar-refractivity contribution is 0.414. The van der Waals surface area contributed by atoms with E-state index in [4.69, 9.17) is 4.74 Å². The van der Waals surface area contributed by atoms with Gasteiger partial charge in [0.05, 0.1) is 12.8 Å². The molecule has 0 unspecified atom stereocenters. The molecule has 3 aromatic rings. The number of fused-ring (bicyclic) bond motifs is 1. The molecule has 0 fully saturated rings. The highest BCUT2D eigenvalue weighted by Crippen LogP contribution is 2.17. The molecule has 0 aliphatic heterocycles. The molecule has 0 radical (unpaired) electrons. The maximum atomic E-state index is 5.19. The number of benzene rings is 1. The van der Waals surface area contributed by atoms with Crippen LogP contribution in [0.3, 0.4) is 0 Å². The SMILES string of the molecule is COc1ccc([C@H](C)NCCc2cn3ccccc3n2)cc1. The summed E-state index contributed by atoms with van der Waals surface area (Å²) in [5.41, 5.74) is 3.37. The van der Waals surface area contributed by atoms with Gasteiger partial charge in [0.1, 0.15) is 11.4 Å². The van der Waals surface area contributed by atoms with E-state index in [1.807, 2.05) is 36.5 Å². The van der Waals surface area contributed by atoms with Crippen LogP contribution in [-0.2, 0) is 6.42 Å². The van der Waals surface area contributed by atoms with Gasteiger partial charge < -0.3 is 14.5 Å². The Balaban J connectivity index is 1.55. The van der Waals surface area contributed by atoms with Crippen LogP contribution in [-0.4, -0.2) is 23.0 Å². The molecular formula is C18H21N3O. The zero-order chi connectivity index (χ0) is 15.4. The minimum Gasteiger partial charge on any atom is -0.497 e. The van der Waals surface area contributed by atoms with Crippen LogP contribution in [0.25, 0.3) is 5.65 Å². The number of nitrogens with zero attached hydrogens (tertiary/aromatic N) is 2. The van der Waals surface area contributed by atoms with Crippen molar-refractivity contribution in [3.63, 3.8) is 0 Å². The highest BCUT2D eigenvalue weighted by atomic mass is 16.5. The summed E-state index contributed by atoms with van der Waals surface area (Å²) >= 11 is 0. The van der Waals surface area contributed by atoms with Crippen LogP contribution in [0, 0.1) is 0 Å². The lowest BCUT2D eigenvalue weighted by atomic mass is 10.1. The summed E-state index contributed by atoms with van der Waals surface area (Å²) in [6, 6.07) is 14.5. The van der Waals surface area contributed by atoms with Gasteiger partial charge in [-0.25, -0.2) is 4.98 Å². The molecule has 114 valence electrons. The number of pyridine rings is 1. The summed E-state index contributed by atoms with van der Waals surface area (Å²) in [6.07, 6.45) is 5.04. The number of methoxy groups -OCH3 is 1. The fourth-order valence-electron chi connectivity index (χ4n) is 2.53. The Morgan fingerprint density at radius 2 is 2.00 bits per heavy atom. The van der Waals surface area contributed by atoms with Gasteiger partial charge in [0.15, 0.2) is 0 Å². The summed E-state index contributed by atoms with van der Waals surface area (Å²) in [5, 5.41) is 3.54. The van der Waals surface area contributed by atoms with Crippen LogP contribution in [0.4, 0.5) is 0 Å². The van der Waals surface area contributed by atoms with Crippen molar-refractivity contribution in [3.05, 3.63) is 66.1 Å². The number of hydrogen-bond acceptors (Lipinski definition) is 3. The molecule has 1 atom stereocenters. The second-order valence-electron chi connectivity index (χ2n) is 5.40. The lowest BCUT2D eigenvalue weighted by Gasteiger charge is -2.14. The summed E-state index contributed by atoms with van der Waals surface area (Å²) in [6.45, 7) is 3.07. The van der Waals surface area contributed by atoms with E-state index in [1.165, 1.54) is 5.56 Å². The molecule has 4 nitrogen and oxygen atoms in total. The molecule has 4 heteroatoms. The lowest BCUT2D eigenvalue weighted by Crippen LogP contribution is -2.21. The first-order chi connectivity index (χ1) is 10.8.